The third-order valence-corrected chi connectivity index (χ3v) is 3.86. The van der Waals surface area contributed by atoms with Gasteiger partial charge in [-0.3, -0.25) is 4.79 Å². The Morgan fingerprint density at radius 2 is 2.13 bits per heavy atom. The number of carbonyl (C=O) groups excluding carboxylic acids is 1. The van der Waals surface area contributed by atoms with Crippen molar-refractivity contribution in [2.24, 2.45) is 0 Å². The molecule has 0 unspecified atom stereocenters. The zero-order valence-corrected chi connectivity index (χ0v) is 12.8. The van der Waals surface area contributed by atoms with Gasteiger partial charge in [0.2, 0.25) is 0 Å². The van der Waals surface area contributed by atoms with E-state index < -0.39 is 11.9 Å². The Balaban J connectivity index is 1.81. The quantitative estimate of drug-likeness (QED) is 0.898. The largest absolute Gasteiger partial charge is 0.493 e. The number of furan rings is 1. The van der Waals surface area contributed by atoms with Crippen LogP contribution in [0.5, 0.6) is 5.75 Å². The summed E-state index contributed by atoms with van der Waals surface area (Å²) in [7, 11) is 0. The van der Waals surface area contributed by atoms with Crippen LogP contribution in [-0.2, 0) is 0 Å². The molecule has 7 heteroatoms. The number of rotatable bonds is 3. The summed E-state index contributed by atoms with van der Waals surface area (Å²) in [5, 5.41) is 12.3. The minimum Gasteiger partial charge on any atom is -0.493 e. The average molecular weight is 336 g/mol. The minimum atomic E-state index is -1.14. The zero-order valence-electron chi connectivity index (χ0n) is 12.0. The Hall–Kier alpha value is -2.47. The maximum absolute atomic E-state index is 12.3. The molecule has 0 fully saturated rings. The molecule has 1 aromatic carbocycles. The molecule has 0 bridgehead atoms. The minimum absolute atomic E-state index is 0.0388. The second kappa shape index (κ2) is 6.34. The highest BCUT2D eigenvalue weighted by molar-refractivity contribution is 6.30. The second-order valence-corrected chi connectivity index (χ2v) is 5.64. The van der Waals surface area contributed by atoms with E-state index in [1.54, 1.807) is 12.1 Å². The van der Waals surface area contributed by atoms with Crippen molar-refractivity contribution < 1.29 is 23.8 Å². The van der Waals surface area contributed by atoms with Gasteiger partial charge in [0, 0.05) is 16.7 Å². The van der Waals surface area contributed by atoms with Gasteiger partial charge in [0.05, 0.1) is 18.2 Å². The van der Waals surface area contributed by atoms with Crippen molar-refractivity contribution >= 4 is 23.5 Å². The third-order valence-electron chi connectivity index (χ3n) is 3.62. The van der Waals surface area contributed by atoms with Gasteiger partial charge in [-0.15, -0.1) is 0 Å². The van der Waals surface area contributed by atoms with Gasteiger partial charge in [0.25, 0.3) is 5.91 Å². The molecule has 1 atom stereocenters. The predicted molar refractivity (Wildman–Crippen MR) is 82.1 cm³/mol. The van der Waals surface area contributed by atoms with Crippen LogP contribution in [0.1, 0.15) is 45.4 Å². The van der Waals surface area contributed by atoms with Gasteiger partial charge in [0.1, 0.15) is 12.0 Å². The summed E-state index contributed by atoms with van der Waals surface area (Å²) in [4.78, 5) is 23.1. The Morgan fingerprint density at radius 1 is 1.30 bits per heavy atom. The smallest absolute Gasteiger partial charge is 0.338 e. The molecule has 3 rings (SSSR count). The van der Waals surface area contributed by atoms with Crippen molar-refractivity contribution in [1.82, 2.24) is 5.32 Å². The van der Waals surface area contributed by atoms with Crippen LogP contribution < -0.4 is 10.1 Å². The summed E-state index contributed by atoms with van der Waals surface area (Å²) in [6.45, 7) is 0.545. The van der Waals surface area contributed by atoms with Gasteiger partial charge in [-0.2, -0.15) is 0 Å². The molecule has 2 heterocycles. The standard InChI is InChI=1S/C16H14ClNO5/c17-10-3-4-11-12(2-1-5-22-13(11)7-10)18-15(19)14-6-9(8-23-14)16(20)21/h3-4,6-8,12H,1-2,5H2,(H,18,19)(H,20,21)/t12-/m0/s1. The fraction of sp³-hybridized carbons (Fsp3) is 0.250. The fourth-order valence-corrected chi connectivity index (χ4v) is 2.66. The van der Waals surface area contributed by atoms with Gasteiger partial charge in [-0.1, -0.05) is 17.7 Å². The van der Waals surface area contributed by atoms with Crippen LogP contribution in [0.3, 0.4) is 0 Å². The molecule has 0 radical (unpaired) electrons. The predicted octanol–water partition coefficient (Wildman–Crippen LogP) is 3.27. The SMILES string of the molecule is O=C(O)c1coc(C(=O)N[C@H]2CCCOc3cc(Cl)ccc32)c1. The molecule has 2 aromatic rings. The maximum Gasteiger partial charge on any atom is 0.338 e. The lowest BCUT2D eigenvalue weighted by Crippen LogP contribution is -2.28. The summed E-state index contributed by atoms with van der Waals surface area (Å²) in [6.07, 6.45) is 2.52. The highest BCUT2D eigenvalue weighted by Gasteiger charge is 2.24. The van der Waals surface area contributed by atoms with Crippen molar-refractivity contribution in [3.63, 3.8) is 0 Å². The van der Waals surface area contributed by atoms with E-state index in [4.69, 9.17) is 25.9 Å². The van der Waals surface area contributed by atoms with Crippen LogP contribution in [0.4, 0.5) is 0 Å². The number of amides is 1. The highest BCUT2D eigenvalue weighted by Crippen LogP contribution is 2.33. The van der Waals surface area contributed by atoms with E-state index >= 15 is 0 Å². The van der Waals surface area contributed by atoms with Crippen molar-refractivity contribution in [2.45, 2.75) is 18.9 Å². The fourth-order valence-electron chi connectivity index (χ4n) is 2.49. The summed E-state index contributed by atoms with van der Waals surface area (Å²) in [6, 6.07) is 6.22. The van der Waals surface area contributed by atoms with Crippen LogP contribution in [0.25, 0.3) is 0 Å². The van der Waals surface area contributed by atoms with Crippen LogP contribution in [0, 0.1) is 0 Å². The Morgan fingerprint density at radius 3 is 2.87 bits per heavy atom. The molecule has 0 aliphatic carbocycles. The molecule has 1 aliphatic rings. The van der Waals surface area contributed by atoms with E-state index in [-0.39, 0.29) is 17.4 Å². The first-order valence-corrected chi connectivity index (χ1v) is 7.47. The molecule has 1 aliphatic heterocycles. The Kier molecular flexibility index (Phi) is 4.25. The van der Waals surface area contributed by atoms with Crippen molar-refractivity contribution in [3.05, 3.63) is 52.4 Å². The van der Waals surface area contributed by atoms with E-state index in [1.807, 2.05) is 6.07 Å². The van der Waals surface area contributed by atoms with E-state index in [9.17, 15) is 9.59 Å². The van der Waals surface area contributed by atoms with Gasteiger partial charge in [0.15, 0.2) is 5.76 Å². The van der Waals surface area contributed by atoms with Gasteiger partial charge in [-0.25, -0.2) is 4.79 Å². The van der Waals surface area contributed by atoms with Crippen LogP contribution in [0.15, 0.2) is 34.9 Å². The average Bonchev–Trinajstić information content (AvgIpc) is 2.93. The molecule has 0 saturated carbocycles. The normalized spacial score (nSPS) is 16.8. The summed E-state index contributed by atoms with van der Waals surface area (Å²) < 4.78 is 10.7. The molecular formula is C16H14ClNO5. The topological polar surface area (TPSA) is 88.8 Å². The first kappa shape index (κ1) is 15.4. The molecular weight excluding hydrogens is 322 g/mol. The molecule has 6 nitrogen and oxygen atoms in total. The van der Waals surface area contributed by atoms with Crippen LogP contribution in [0.2, 0.25) is 5.02 Å². The summed E-state index contributed by atoms with van der Waals surface area (Å²) in [5.41, 5.74) is 0.775. The molecule has 1 aromatic heterocycles. The monoisotopic (exact) mass is 335 g/mol. The summed E-state index contributed by atoms with van der Waals surface area (Å²) >= 11 is 5.97. The van der Waals surface area contributed by atoms with Crippen LogP contribution >= 0.6 is 11.6 Å². The number of hydrogen-bond donors (Lipinski definition) is 2. The molecule has 1 amide bonds. The van der Waals surface area contributed by atoms with Crippen molar-refractivity contribution in [3.8, 4) is 5.75 Å². The number of carbonyl (C=O) groups is 2. The number of ether oxygens (including phenoxy) is 1. The lowest BCUT2D eigenvalue weighted by Gasteiger charge is -2.17. The van der Waals surface area contributed by atoms with Crippen molar-refractivity contribution in [2.75, 3.05) is 6.61 Å². The van der Waals surface area contributed by atoms with Crippen LogP contribution in [-0.4, -0.2) is 23.6 Å². The van der Waals surface area contributed by atoms with Gasteiger partial charge < -0.3 is 19.6 Å². The number of aromatic carboxylic acids is 1. The number of carboxylic acid groups (broad SMARTS) is 1. The lowest BCUT2D eigenvalue weighted by molar-refractivity contribution is 0.0695. The molecule has 23 heavy (non-hydrogen) atoms. The summed E-state index contributed by atoms with van der Waals surface area (Å²) in [5.74, 6) is -1.00. The Labute approximate surface area is 137 Å². The van der Waals surface area contributed by atoms with E-state index in [0.717, 1.165) is 18.2 Å². The second-order valence-electron chi connectivity index (χ2n) is 5.20. The maximum atomic E-state index is 12.3. The first-order chi connectivity index (χ1) is 11.0. The Bertz CT molecular complexity index is 755. The van der Waals surface area contributed by atoms with E-state index in [0.29, 0.717) is 23.8 Å². The van der Waals surface area contributed by atoms with E-state index in [2.05, 4.69) is 5.32 Å². The number of fused-ring (bicyclic) bond motifs is 1. The highest BCUT2D eigenvalue weighted by atomic mass is 35.5. The molecule has 0 saturated heterocycles. The number of halogens is 1. The molecule has 120 valence electrons. The zero-order chi connectivity index (χ0) is 16.4. The number of hydrogen-bond acceptors (Lipinski definition) is 4. The van der Waals surface area contributed by atoms with Gasteiger partial charge >= 0.3 is 5.97 Å². The number of carboxylic acids is 1. The van der Waals surface area contributed by atoms with Gasteiger partial charge in [-0.05, 0) is 25.0 Å². The number of benzene rings is 1. The van der Waals surface area contributed by atoms with Crippen molar-refractivity contribution in [1.29, 1.82) is 0 Å². The molecule has 2 N–H and O–H groups in total. The molecule has 0 spiro atoms. The third kappa shape index (κ3) is 3.32. The lowest BCUT2D eigenvalue weighted by atomic mass is 10.0. The number of nitrogens with one attached hydrogen (secondary N) is 1. The van der Waals surface area contributed by atoms with E-state index in [1.165, 1.54) is 6.07 Å². The first-order valence-electron chi connectivity index (χ1n) is 7.09.